The summed E-state index contributed by atoms with van der Waals surface area (Å²) in [6.45, 7) is 3.00. The fourth-order valence-electron chi connectivity index (χ4n) is 1.78. The van der Waals surface area contributed by atoms with E-state index < -0.39 is 0 Å². The minimum Gasteiger partial charge on any atom is -0.508 e. The molecule has 0 radical (unpaired) electrons. The number of carbonyl (C=O) groups is 1. The van der Waals surface area contributed by atoms with E-state index in [2.05, 4.69) is 5.32 Å². The van der Waals surface area contributed by atoms with Gasteiger partial charge in [-0.2, -0.15) is 0 Å². The van der Waals surface area contributed by atoms with Crippen LogP contribution in [0, 0.1) is 6.92 Å². The van der Waals surface area contributed by atoms with Gasteiger partial charge in [0.25, 0.3) is 5.91 Å². The minimum absolute atomic E-state index is 0.0919. The van der Waals surface area contributed by atoms with Crippen LogP contribution in [0.4, 0.5) is 0 Å². The lowest BCUT2D eigenvalue weighted by atomic mass is 10.1. The van der Waals surface area contributed by atoms with Gasteiger partial charge in [0.05, 0.1) is 12.6 Å². The van der Waals surface area contributed by atoms with E-state index in [1.165, 1.54) is 0 Å². The van der Waals surface area contributed by atoms with Gasteiger partial charge >= 0.3 is 0 Å². The monoisotopic (exact) mass is 221 g/mol. The molecule has 16 heavy (non-hydrogen) atoms. The molecule has 0 bridgehead atoms. The van der Waals surface area contributed by atoms with Crippen molar-refractivity contribution in [3.05, 3.63) is 29.3 Å². The first-order valence-corrected chi connectivity index (χ1v) is 5.35. The molecule has 0 spiro atoms. The summed E-state index contributed by atoms with van der Waals surface area (Å²) in [5, 5.41) is 12.4. The highest BCUT2D eigenvalue weighted by Crippen LogP contribution is 2.19. The van der Waals surface area contributed by atoms with Gasteiger partial charge in [0.15, 0.2) is 0 Å². The van der Waals surface area contributed by atoms with Crippen LogP contribution >= 0.6 is 0 Å². The van der Waals surface area contributed by atoms with E-state index in [-0.39, 0.29) is 17.7 Å². The Labute approximate surface area is 94.2 Å². The van der Waals surface area contributed by atoms with Crippen LogP contribution in [0.1, 0.15) is 22.3 Å². The summed E-state index contributed by atoms with van der Waals surface area (Å²) in [6, 6.07) is 5.04. The zero-order valence-electron chi connectivity index (χ0n) is 9.19. The zero-order valence-corrected chi connectivity index (χ0v) is 9.19. The molecular formula is C12H15NO3. The third-order valence-electron chi connectivity index (χ3n) is 2.81. The van der Waals surface area contributed by atoms with Gasteiger partial charge in [-0.1, -0.05) is 6.07 Å². The largest absolute Gasteiger partial charge is 0.508 e. The molecule has 0 saturated carbocycles. The van der Waals surface area contributed by atoms with Crippen LogP contribution < -0.4 is 5.32 Å². The summed E-state index contributed by atoms with van der Waals surface area (Å²) in [7, 11) is 0. The van der Waals surface area contributed by atoms with Crippen molar-refractivity contribution in [1.29, 1.82) is 0 Å². The number of rotatable bonds is 2. The maximum Gasteiger partial charge on any atom is 0.251 e. The highest BCUT2D eigenvalue weighted by molar-refractivity contribution is 5.96. The molecule has 1 aromatic carbocycles. The Morgan fingerprint density at radius 3 is 3.06 bits per heavy atom. The second-order valence-electron chi connectivity index (χ2n) is 3.98. The number of phenols is 1. The third kappa shape index (κ3) is 2.17. The Balaban J connectivity index is 2.11. The first-order chi connectivity index (χ1) is 7.68. The maximum atomic E-state index is 11.9. The molecule has 1 saturated heterocycles. The average Bonchev–Trinajstić information content (AvgIpc) is 2.74. The van der Waals surface area contributed by atoms with Crippen molar-refractivity contribution in [2.45, 2.75) is 19.4 Å². The number of aromatic hydroxyl groups is 1. The molecule has 2 rings (SSSR count). The Morgan fingerprint density at radius 2 is 2.38 bits per heavy atom. The molecule has 0 aromatic heterocycles. The Bertz CT molecular complexity index is 397. The van der Waals surface area contributed by atoms with Crippen molar-refractivity contribution in [3.8, 4) is 5.75 Å². The maximum absolute atomic E-state index is 11.9. The topological polar surface area (TPSA) is 58.6 Å². The fraction of sp³-hybridized carbons (Fsp3) is 0.417. The summed E-state index contributed by atoms with van der Waals surface area (Å²) >= 11 is 0. The normalized spacial score (nSPS) is 19.7. The molecule has 2 N–H and O–H groups in total. The predicted octanol–water partition coefficient (Wildman–Crippen LogP) is 1.22. The summed E-state index contributed by atoms with van der Waals surface area (Å²) < 4.78 is 5.18. The second kappa shape index (κ2) is 4.53. The van der Waals surface area contributed by atoms with Crippen molar-refractivity contribution in [3.63, 3.8) is 0 Å². The molecule has 86 valence electrons. The molecule has 1 heterocycles. The van der Waals surface area contributed by atoms with Crippen LogP contribution in [-0.2, 0) is 4.74 Å². The first-order valence-electron chi connectivity index (χ1n) is 5.35. The lowest BCUT2D eigenvalue weighted by Gasteiger charge is -2.12. The molecule has 1 atom stereocenters. The summed E-state index contributed by atoms with van der Waals surface area (Å²) in [4.78, 5) is 11.9. The quantitative estimate of drug-likeness (QED) is 0.789. The van der Waals surface area contributed by atoms with Gasteiger partial charge in [-0.15, -0.1) is 0 Å². The minimum atomic E-state index is -0.149. The van der Waals surface area contributed by atoms with Crippen molar-refractivity contribution in [2.24, 2.45) is 0 Å². The molecular weight excluding hydrogens is 206 g/mol. The SMILES string of the molecule is Cc1c(O)cccc1C(=O)NC1CCOC1. The van der Waals surface area contributed by atoms with Gasteiger partial charge in [-0.25, -0.2) is 0 Å². The van der Waals surface area contributed by atoms with Crippen LogP contribution in [0.25, 0.3) is 0 Å². The number of ether oxygens (including phenoxy) is 1. The molecule has 0 aliphatic carbocycles. The van der Waals surface area contributed by atoms with Gasteiger partial charge in [0, 0.05) is 17.7 Å². The molecule has 1 aliphatic heterocycles. The van der Waals surface area contributed by atoms with E-state index in [4.69, 9.17) is 4.74 Å². The fourth-order valence-corrected chi connectivity index (χ4v) is 1.78. The Kier molecular flexibility index (Phi) is 3.10. The van der Waals surface area contributed by atoms with E-state index >= 15 is 0 Å². The van der Waals surface area contributed by atoms with Crippen LogP contribution in [-0.4, -0.2) is 30.3 Å². The number of amides is 1. The molecule has 1 fully saturated rings. The summed E-state index contributed by atoms with van der Waals surface area (Å²) in [5.74, 6) is -0.000720. The molecule has 4 nitrogen and oxygen atoms in total. The smallest absolute Gasteiger partial charge is 0.251 e. The lowest BCUT2D eigenvalue weighted by molar-refractivity contribution is 0.0929. The third-order valence-corrected chi connectivity index (χ3v) is 2.81. The van der Waals surface area contributed by atoms with Gasteiger partial charge in [-0.05, 0) is 25.5 Å². The highest BCUT2D eigenvalue weighted by Gasteiger charge is 2.19. The molecule has 1 amide bonds. The predicted molar refractivity (Wildman–Crippen MR) is 59.5 cm³/mol. The van der Waals surface area contributed by atoms with Gasteiger partial charge in [-0.3, -0.25) is 4.79 Å². The number of nitrogens with one attached hydrogen (secondary N) is 1. The number of hydrogen-bond donors (Lipinski definition) is 2. The van der Waals surface area contributed by atoms with E-state index in [1.807, 2.05) is 0 Å². The zero-order chi connectivity index (χ0) is 11.5. The van der Waals surface area contributed by atoms with E-state index in [1.54, 1.807) is 25.1 Å². The molecule has 4 heteroatoms. The van der Waals surface area contributed by atoms with Crippen molar-refractivity contribution in [1.82, 2.24) is 5.32 Å². The van der Waals surface area contributed by atoms with Gasteiger partial charge < -0.3 is 15.2 Å². The van der Waals surface area contributed by atoms with Crippen LogP contribution in [0.5, 0.6) is 5.75 Å². The lowest BCUT2D eigenvalue weighted by Crippen LogP contribution is -2.35. The van der Waals surface area contributed by atoms with Gasteiger partial charge in [0.2, 0.25) is 0 Å². The van der Waals surface area contributed by atoms with Crippen LogP contribution in [0.3, 0.4) is 0 Å². The number of carbonyl (C=O) groups excluding carboxylic acids is 1. The highest BCUT2D eigenvalue weighted by atomic mass is 16.5. The first kappa shape index (κ1) is 11.0. The number of phenolic OH excluding ortho intramolecular Hbond substituents is 1. The number of hydrogen-bond acceptors (Lipinski definition) is 3. The molecule has 1 aliphatic rings. The average molecular weight is 221 g/mol. The second-order valence-corrected chi connectivity index (χ2v) is 3.98. The van der Waals surface area contributed by atoms with Gasteiger partial charge in [0.1, 0.15) is 5.75 Å². The van der Waals surface area contributed by atoms with Crippen molar-refractivity contribution < 1.29 is 14.6 Å². The van der Waals surface area contributed by atoms with E-state index in [0.29, 0.717) is 24.3 Å². The standard InChI is InChI=1S/C12H15NO3/c1-8-10(3-2-4-11(8)14)12(15)13-9-5-6-16-7-9/h2-4,9,14H,5-7H2,1H3,(H,13,15). The Morgan fingerprint density at radius 1 is 1.56 bits per heavy atom. The number of benzene rings is 1. The molecule has 1 unspecified atom stereocenters. The van der Waals surface area contributed by atoms with Crippen molar-refractivity contribution in [2.75, 3.05) is 13.2 Å². The van der Waals surface area contributed by atoms with Crippen LogP contribution in [0.2, 0.25) is 0 Å². The summed E-state index contributed by atoms with van der Waals surface area (Å²) in [5.41, 5.74) is 1.13. The Hall–Kier alpha value is -1.55. The van der Waals surface area contributed by atoms with E-state index in [9.17, 15) is 9.90 Å². The van der Waals surface area contributed by atoms with E-state index in [0.717, 1.165) is 6.42 Å². The van der Waals surface area contributed by atoms with Crippen LogP contribution in [0.15, 0.2) is 18.2 Å². The van der Waals surface area contributed by atoms with Crippen molar-refractivity contribution >= 4 is 5.91 Å². The summed E-state index contributed by atoms with van der Waals surface area (Å²) in [6.07, 6.45) is 0.851. The molecule has 1 aromatic rings.